The smallest absolute Gasteiger partial charge is 0.246 e. The minimum absolute atomic E-state index is 0.00229. The summed E-state index contributed by atoms with van der Waals surface area (Å²) in [5.41, 5.74) is 5.12. The third-order valence-electron chi connectivity index (χ3n) is 2.91. The van der Waals surface area contributed by atoms with E-state index in [1.807, 2.05) is 0 Å². The summed E-state index contributed by atoms with van der Waals surface area (Å²) in [7, 11) is -4.07. The van der Waals surface area contributed by atoms with Crippen LogP contribution in [0.25, 0.3) is 0 Å². The second kappa shape index (κ2) is 6.05. The van der Waals surface area contributed by atoms with Crippen LogP contribution in [0.2, 0.25) is 5.02 Å². The second-order valence-electron chi connectivity index (χ2n) is 4.32. The van der Waals surface area contributed by atoms with Gasteiger partial charge >= 0.3 is 0 Å². The number of nitrogen functional groups attached to an aromatic ring is 1. The van der Waals surface area contributed by atoms with E-state index < -0.39 is 20.7 Å². The van der Waals surface area contributed by atoms with Crippen LogP contribution in [0.5, 0.6) is 0 Å². The Morgan fingerprint density at radius 1 is 1.43 bits per heavy atom. The zero-order valence-electron chi connectivity index (χ0n) is 11.2. The molecule has 0 unspecified atom stereocenters. The number of hydrogen-bond donors (Lipinski definition) is 1. The van der Waals surface area contributed by atoms with Crippen molar-refractivity contribution < 1.29 is 17.2 Å². The fraction of sp³-hybridized carbons (Fsp3) is 0.231. The number of sulfonamides is 1. The molecule has 21 heavy (non-hydrogen) atoms. The Hall–Kier alpha value is -1.57. The molecule has 0 amide bonds. The number of hydrogen-bond acceptors (Lipinski definition) is 4. The number of anilines is 1. The van der Waals surface area contributed by atoms with E-state index >= 15 is 0 Å². The van der Waals surface area contributed by atoms with Gasteiger partial charge in [0.05, 0.1) is 18.5 Å². The first-order valence-corrected chi connectivity index (χ1v) is 7.95. The van der Waals surface area contributed by atoms with Crippen molar-refractivity contribution in [1.29, 1.82) is 0 Å². The molecule has 1 aromatic carbocycles. The summed E-state index contributed by atoms with van der Waals surface area (Å²) in [4.78, 5) is -0.541. The molecule has 0 aliphatic heterocycles. The summed E-state index contributed by atoms with van der Waals surface area (Å²) in [6.07, 6.45) is 1.44. The van der Waals surface area contributed by atoms with Crippen molar-refractivity contribution >= 4 is 27.3 Å². The molecule has 1 heterocycles. The van der Waals surface area contributed by atoms with Crippen LogP contribution < -0.4 is 5.73 Å². The van der Waals surface area contributed by atoms with Crippen molar-refractivity contribution in [2.24, 2.45) is 0 Å². The first kappa shape index (κ1) is 15.8. The summed E-state index contributed by atoms with van der Waals surface area (Å²) in [6, 6.07) is 5.50. The van der Waals surface area contributed by atoms with Crippen molar-refractivity contribution in [3.63, 3.8) is 0 Å². The highest BCUT2D eigenvalue weighted by Crippen LogP contribution is 2.28. The lowest BCUT2D eigenvalue weighted by Crippen LogP contribution is -2.31. The Labute approximate surface area is 127 Å². The van der Waals surface area contributed by atoms with E-state index in [4.69, 9.17) is 21.8 Å². The van der Waals surface area contributed by atoms with Crippen molar-refractivity contribution in [2.45, 2.75) is 18.4 Å². The van der Waals surface area contributed by atoms with Crippen molar-refractivity contribution in [3.8, 4) is 0 Å². The molecule has 0 saturated heterocycles. The summed E-state index contributed by atoms with van der Waals surface area (Å²) in [5, 5.41) is 0.0570. The van der Waals surface area contributed by atoms with E-state index in [1.54, 1.807) is 19.1 Å². The fourth-order valence-electron chi connectivity index (χ4n) is 1.85. The minimum Gasteiger partial charge on any atom is -0.468 e. The van der Waals surface area contributed by atoms with Crippen LogP contribution in [0.1, 0.15) is 12.7 Å². The second-order valence-corrected chi connectivity index (χ2v) is 6.66. The van der Waals surface area contributed by atoms with Crippen LogP contribution in [0.15, 0.2) is 39.8 Å². The molecule has 114 valence electrons. The molecule has 5 nitrogen and oxygen atoms in total. The Morgan fingerprint density at radius 3 is 2.71 bits per heavy atom. The molecular weight excluding hydrogens is 319 g/mol. The molecule has 1 aromatic heterocycles. The van der Waals surface area contributed by atoms with E-state index in [0.717, 1.165) is 10.4 Å². The van der Waals surface area contributed by atoms with Gasteiger partial charge < -0.3 is 10.2 Å². The van der Waals surface area contributed by atoms with Crippen LogP contribution in [-0.2, 0) is 16.6 Å². The summed E-state index contributed by atoms with van der Waals surface area (Å²) in [6.45, 7) is 1.79. The van der Waals surface area contributed by atoms with E-state index in [9.17, 15) is 12.8 Å². The lowest BCUT2D eigenvalue weighted by molar-refractivity contribution is 0.373. The lowest BCUT2D eigenvalue weighted by atomic mass is 10.3. The topological polar surface area (TPSA) is 76.5 Å². The van der Waals surface area contributed by atoms with Gasteiger partial charge in [-0.15, -0.1) is 0 Å². The van der Waals surface area contributed by atoms with Crippen LogP contribution in [-0.4, -0.2) is 19.3 Å². The highest BCUT2D eigenvalue weighted by Gasteiger charge is 2.28. The Bertz CT molecular complexity index is 732. The highest BCUT2D eigenvalue weighted by molar-refractivity contribution is 7.89. The summed E-state index contributed by atoms with van der Waals surface area (Å²) in [5.74, 6) is -0.548. The molecule has 0 spiro atoms. The number of rotatable bonds is 5. The van der Waals surface area contributed by atoms with Gasteiger partial charge in [-0.05, 0) is 24.3 Å². The van der Waals surface area contributed by atoms with Crippen molar-refractivity contribution in [1.82, 2.24) is 4.31 Å². The van der Waals surface area contributed by atoms with Crippen LogP contribution >= 0.6 is 11.6 Å². The fourth-order valence-corrected chi connectivity index (χ4v) is 3.68. The molecule has 0 atom stereocenters. The first-order chi connectivity index (χ1) is 9.86. The Kier molecular flexibility index (Phi) is 4.55. The standard InChI is InChI=1S/C13H14ClFN2O3S/c1-2-17(8-10-4-3-5-20-10)21(18,19)12-7-9(14)6-11(16)13(12)15/h3-7H,2,8,16H2,1H3. The van der Waals surface area contributed by atoms with E-state index in [-0.39, 0.29) is 23.8 Å². The van der Waals surface area contributed by atoms with Crippen molar-refractivity contribution in [2.75, 3.05) is 12.3 Å². The van der Waals surface area contributed by atoms with Crippen LogP contribution in [0.4, 0.5) is 10.1 Å². The molecule has 0 bridgehead atoms. The average molecular weight is 333 g/mol. The van der Waals surface area contributed by atoms with E-state index in [0.29, 0.717) is 5.76 Å². The van der Waals surface area contributed by atoms with E-state index in [1.165, 1.54) is 12.3 Å². The summed E-state index contributed by atoms with van der Waals surface area (Å²) < 4.78 is 45.3. The molecule has 0 radical (unpaired) electrons. The zero-order chi connectivity index (χ0) is 15.6. The largest absolute Gasteiger partial charge is 0.468 e. The summed E-state index contributed by atoms with van der Waals surface area (Å²) >= 11 is 5.77. The molecule has 0 fully saturated rings. The molecule has 2 N–H and O–H groups in total. The van der Waals surface area contributed by atoms with E-state index in [2.05, 4.69) is 0 Å². The number of nitrogens with two attached hydrogens (primary N) is 1. The van der Waals surface area contributed by atoms with Gasteiger partial charge in [0.1, 0.15) is 10.7 Å². The van der Waals surface area contributed by atoms with Gasteiger partial charge in [-0.25, -0.2) is 12.8 Å². The normalized spacial score (nSPS) is 12.0. The molecule has 2 aromatic rings. The minimum atomic E-state index is -4.07. The maximum Gasteiger partial charge on any atom is 0.246 e. The monoisotopic (exact) mass is 332 g/mol. The quantitative estimate of drug-likeness (QED) is 0.854. The Balaban J connectivity index is 2.44. The third-order valence-corrected chi connectivity index (χ3v) is 5.05. The molecule has 2 rings (SSSR count). The lowest BCUT2D eigenvalue weighted by Gasteiger charge is -2.20. The highest BCUT2D eigenvalue weighted by atomic mass is 35.5. The van der Waals surface area contributed by atoms with Gasteiger partial charge in [0.25, 0.3) is 0 Å². The van der Waals surface area contributed by atoms with Gasteiger partial charge in [0, 0.05) is 11.6 Å². The first-order valence-electron chi connectivity index (χ1n) is 6.13. The maximum absolute atomic E-state index is 14.0. The predicted octanol–water partition coefficient (Wildman–Crippen LogP) is 2.87. The van der Waals surface area contributed by atoms with Gasteiger partial charge in [-0.3, -0.25) is 0 Å². The maximum atomic E-state index is 14.0. The SMILES string of the molecule is CCN(Cc1ccco1)S(=O)(=O)c1cc(Cl)cc(N)c1F. The number of benzene rings is 1. The number of nitrogens with zero attached hydrogens (tertiary/aromatic N) is 1. The third kappa shape index (κ3) is 3.20. The van der Waals surface area contributed by atoms with Crippen molar-refractivity contribution in [3.05, 3.63) is 47.1 Å². The zero-order valence-corrected chi connectivity index (χ0v) is 12.8. The van der Waals surface area contributed by atoms with Gasteiger partial charge in [-0.2, -0.15) is 4.31 Å². The molecule has 0 saturated carbocycles. The molecule has 8 heteroatoms. The van der Waals surface area contributed by atoms with Crippen LogP contribution in [0, 0.1) is 5.82 Å². The number of halogens is 2. The van der Waals surface area contributed by atoms with Gasteiger partial charge in [-0.1, -0.05) is 18.5 Å². The van der Waals surface area contributed by atoms with Crippen LogP contribution in [0.3, 0.4) is 0 Å². The van der Waals surface area contributed by atoms with Gasteiger partial charge in [0.2, 0.25) is 10.0 Å². The van der Waals surface area contributed by atoms with Gasteiger partial charge in [0.15, 0.2) is 5.82 Å². The average Bonchev–Trinajstić information content (AvgIpc) is 2.92. The molecular formula is C13H14ClFN2O3S. The Morgan fingerprint density at radius 2 is 2.14 bits per heavy atom. The predicted molar refractivity (Wildman–Crippen MR) is 77.8 cm³/mol. The number of furan rings is 1. The molecule has 0 aliphatic rings. The molecule has 0 aliphatic carbocycles.